The molecule has 1 heterocycles. The number of nitrogens with two attached hydrogens (primary N) is 1. The maximum atomic E-state index is 11.4. The van der Waals surface area contributed by atoms with Crippen LogP contribution in [0.4, 0.5) is 0 Å². The van der Waals surface area contributed by atoms with Gasteiger partial charge in [-0.2, -0.15) is 4.57 Å². The molecule has 6 nitrogen and oxygen atoms in total. The SMILES string of the molecule is CC(=O)c1cc(SCCN=C(C)N)c[n+](CC(=O)O)c1. The second-order valence-electron chi connectivity index (χ2n) is 4.25. The van der Waals surface area contributed by atoms with Crippen molar-refractivity contribution in [3.8, 4) is 0 Å². The molecular weight excluding hydrogens is 278 g/mol. The highest BCUT2D eigenvalue weighted by molar-refractivity contribution is 7.99. The second-order valence-corrected chi connectivity index (χ2v) is 5.42. The van der Waals surface area contributed by atoms with Crippen LogP contribution < -0.4 is 10.3 Å². The Balaban J connectivity index is 2.83. The van der Waals surface area contributed by atoms with Gasteiger partial charge in [0.15, 0.2) is 18.2 Å². The van der Waals surface area contributed by atoms with Crippen molar-refractivity contribution in [2.75, 3.05) is 12.3 Å². The van der Waals surface area contributed by atoms with Crippen LogP contribution in [0.2, 0.25) is 0 Å². The van der Waals surface area contributed by atoms with Crippen LogP contribution in [0.15, 0.2) is 28.3 Å². The number of carboxylic acids is 1. The van der Waals surface area contributed by atoms with Crippen molar-refractivity contribution in [1.29, 1.82) is 0 Å². The van der Waals surface area contributed by atoms with E-state index < -0.39 is 5.97 Å². The second kappa shape index (κ2) is 7.64. The zero-order valence-corrected chi connectivity index (χ0v) is 12.3. The monoisotopic (exact) mass is 296 g/mol. The van der Waals surface area contributed by atoms with E-state index >= 15 is 0 Å². The van der Waals surface area contributed by atoms with Gasteiger partial charge in [0.25, 0.3) is 0 Å². The molecule has 1 rings (SSSR count). The Labute approximate surface area is 121 Å². The van der Waals surface area contributed by atoms with E-state index in [1.54, 1.807) is 25.4 Å². The van der Waals surface area contributed by atoms with Crippen molar-refractivity contribution < 1.29 is 19.3 Å². The summed E-state index contributed by atoms with van der Waals surface area (Å²) in [5, 5.41) is 8.82. The Morgan fingerprint density at radius 1 is 1.40 bits per heavy atom. The lowest BCUT2D eigenvalue weighted by Crippen LogP contribution is -2.38. The van der Waals surface area contributed by atoms with E-state index in [4.69, 9.17) is 10.8 Å². The summed E-state index contributed by atoms with van der Waals surface area (Å²) in [6, 6.07) is 1.75. The van der Waals surface area contributed by atoms with Crippen molar-refractivity contribution in [1.82, 2.24) is 0 Å². The van der Waals surface area contributed by atoms with Crippen LogP contribution in [0.1, 0.15) is 24.2 Å². The molecule has 7 heteroatoms. The first-order valence-corrected chi connectivity index (χ1v) is 7.03. The summed E-state index contributed by atoms with van der Waals surface area (Å²) in [4.78, 5) is 27.1. The quantitative estimate of drug-likeness (QED) is 0.193. The fraction of sp³-hybridized carbons (Fsp3) is 0.385. The number of carbonyl (C=O) groups is 2. The van der Waals surface area contributed by atoms with Crippen LogP contribution >= 0.6 is 11.8 Å². The van der Waals surface area contributed by atoms with Crippen LogP contribution in [-0.4, -0.2) is 35.0 Å². The van der Waals surface area contributed by atoms with Crippen molar-refractivity contribution in [3.05, 3.63) is 24.0 Å². The molecule has 0 atom stereocenters. The molecule has 0 aromatic carbocycles. The van der Waals surface area contributed by atoms with Gasteiger partial charge in [-0.15, -0.1) is 11.8 Å². The smallest absolute Gasteiger partial charge is 0.370 e. The first-order chi connectivity index (χ1) is 9.38. The first-order valence-electron chi connectivity index (χ1n) is 6.04. The molecule has 0 aliphatic carbocycles. The highest BCUT2D eigenvalue weighted by Gasteiger charge is 2.13. The van der Waals surface area contributed by atoms with E-state index in [1.165, 1.54) is 23.3 Å². The number of hydrogen-bond acceptors (Lipinski definition) is 4. The van der Waals surface area contributed by atoms with E-state index in [-0.39, 0.29) is 12.3 Å². The molecule has 108 valence electrons. The molecule has 0 saturated heterocycles. The average Bonchev–Trinajstić information content (AvgIpc) is 2.33. The normalized spacial score (nSPS) is 11.4. The Kier molecular flexibility index (Phi) is 6.17. The highest BCUT2D eigenvalue weighted by atomic mass is 32.2. The highest BCUT2D eigenvalue weighted by Crippen LogP contribution is 2.17. The van der Waals surface area contributed by atoms with Gasteiger partial charge in [-0.3, -0.25) is 9.79 Å². The Bertz CT molecular complexity index is 540. The summed E-state index contributed by atoms with van der Waals surface area (Å²) in [6.45, 7) is 3.59. The molecule has 0 aliphatic heterocycles. The van der Waals surface area contributed by atoms with Gasteiger partial charge in [-0.05, 0) is 19.9 Å². The molecule has 0 amide bonds. The number of Topliss-reactive ketones (excluding diaryl/α,β-unsaturated/α-hetero) is 1. The predicted octanol–water partition coefficient (Wildman–Crippen LogP) is 0.730. The van der Waals surface area contributed by atoms with E-state index in [1.807, 2.05) is 0 Å². The van der Waals surface area contributed by atoms with Crippen LogP contribution in [0.3, 0.4) is 0 Å². The lowest BCUT2D eigenvalue weighted by Gasteiger charge is -2.02. The van der Waals surface area contributed by atoms with E-state index in [9.17, 15) is 9.59 Å². The number of aliphatic carboxylic acids is 1. The van der Waals surface area contributed by atoms with Gasteiger partial charge in [0.1, 0.15) is 0 Å². The van der Waals surface area contributed by atoms with Gasteiger partial charge in [0.05, 0.1) is 22.8 Å². The predicted molar refractivity (Wildman–Crippen MR) is 77.2 cm³/mol. The molecule has 0 saturated carbocycles. The topological polar surface area (TPSA) is 96.6 Å². The number of aromatic nitrogens is 1. The third kappa shape index (κ3) is 5.83. The number of nitrogens with zero attached hydrogens (tertiary/aromatic N) is 2. The Morgan fingerprint density at radius 3 is 2.65 bits per heavy atom. The number of aliphatic imine (C=N–C) groups is 1. The van der Waals surface area contributed by atoms with E-state index in [0.29, 0.717) is 23.7 Å². The minimum absolute atomic E-state index is 0.0950. The summed E-state index contributed by atoms with van der Waals surface area (Å²) < 4.78 is 1.50. The standard InChI is InChI=1S/C13H17N3O3S/c1-9(17)11-5-12(20-4-3-15-10(2)14)7-16(6-11)8-13(18)19/h5-7H,3-4,8H2,1-2H3,(H2-,14,15,18,19)/p+1. The van der Waals surface area contributed by atoms with Crippen molar-refractivity contribution in [3.63, 3.8) is 0 Å². The molecule has 20 heavy (non-hydrogen) atoms. The fourth-order valence-corrected chi connectivity index (χ4v) is 2.35. The molecular formula is C13H18N3O3S+. The summed E-state index contributed by atoms with van der Waals surface area (Å²) in [5.41, 5.74) is 5.94. The van der Waals surface area contributed by atoms with Gasteiger partial charge < -0.3 is 10.8 Å². The van der Waals surface area contributed by atoms with Crippen LogP contribution in [-0.2, 0) is 11.3 Å². The number of carboxylic acid groups (broad SMARTS) is 1. The van der Waals surface area contributed by atoms with Crippen LogP contribution in [0.5, 0.6) is 0 Å². The van der Waals surface area contributed by atoms with E-state index in [0.717, 1.165) is 4.90 Å². The number of pyridine rings is 1. The number of ketones is 1. The molecule has 0 bridgehead atoms. The molecule has 0 spiro atoms. The van der Waals surface area contributed by atoms with Gasteiger partial charge in [-0.25, -0.2) is 4.79 Å². The minimum Gasteiger partial charge on any atom is -0.477 e. The van der Waals surface area contributed by atoms with Crippen molar-refractivity contribution in [2.45, 2.75) is 25.3 Å². The summed E-state index contributed by atoms with van der Waals surface area (Å²) in [5.74, 6) is 0.199. The third-order valence-electron chi connectivity index (χ3n) is 2.34. The number of carbonyl (C=O) groups excluding carboxylic acids is 1. The molecule has 1 aromatic rings. The fourth-order valence-electron chi connectivity index (χ4n) is 1.51. The van der Waals surface area contributed by atoms with Gasteiger partial charge in [-0.1, -0.05) is 0 Å². The molecule has 1 aromatic heterocycles. The lowest BCUT2D eigenvalue weighted by atomic mass is 10.2. The molecule has 3 N–H and O–H groups in total. The largest absolute Gasteiger partial charge is 0.477 e. The molecule has 0 unspecified atom stereocenters. The number of hydrogen-bond donors (Lipinski definition) is 2. The third-order valence-corrected chi connectivity index (χ3v) is 3.28. The van der Waals surface area contributed by atoms with Crippen LogP contribution in [0.25, 0.3) is 0 Å². The average molecular weight is 296 g/mol. The maximum Gasteiger partial charge on any atom is 0.370 e. The maximum absolute atomic E-state index is 11.4. The number of amidine groups is 1. The molecule has 0 fully saturated rings. The Morgan fingerprint density at radius 2 is 2.10 bits per heavy atom. The van der Waals surface area contributed by atoms with Gasteiger partial charge >= 0.3 is 5.97 Å². The first kappa shape index (κ1) is 16.2. The summed E-state index contributed by atoms with van der Waals surface area (Å²) in [6.07, 6.45) is 3.26. The Hall–Kier alpha value is -1.89. The van der Waals surface area contributed by atoms with Crippen LogP contribution in [0, 0.1) is 0 Å². The zero-order chi connectivity index (χ0) is 15.1. The lowest BCUT2D eigenvalue weighted by molar-refractivity contribution is -0.687. The number of thioether (sulfide) groups is 1. The van der Waals surface area contributed by atoms with E-state index in [2.05, 4.69) is 4.99 Å². The number of rotatable bonds is 7. The van der Waals surface area contributed by atoms with Gasteiger partial charge in [0, 0.05) is 5.75 Å². The van der Waals surface area contributed by atoms with Crippen molar-refractivity contribution >= 4 is 29.4 Å². The van der Waals surface area contributed by atoms with Gasteiger partial charge in [0.2, 0.25) is 6.54 Å². The summed E-state index contributed by atoms with van der Waals surface area (Å²) >= 11 is 1.51. The van der Waals surface area contributed by atoms with Crippen molar-refractivity contribution in [2.24, 2.45) is 10.7 Å². The zero-order valence-electron chi connectivity index (χ0n) is 11.5. The molecule has 0 aliphatic rings. The minimum atomic E-state index is -0.949. The summed E-state index contributed by atoms with van der Waals surface area (Å²) in [7, 11) is 0. The molecule has 0 radical (unpaired) electrons.